The van der Waals surface area contributed by atoms with Gasteiger partial charge in [-0.1, -0.05) is 0 Å². The van der Waals surface area contributed by atoms with E-state index >= 15 is 0 Å². The molecule has 3 nitrogen and oxygen atoms in total. The van der Waals surface area contributed by atoms with Crippen molar-refractivity contribution in [3.63, 3.8) is 0 Å². The standard InChI is InChI=1S/C11H19N3/c1-8(2)13-6-10-5-12-14(9(3)4)11(10)7-13/h5,8-9H,6-7H2,1-4H3. The molecule has 0 fully saturated rings. The van der Waals surface area contributed by atoms with Crippen LogP contribution in [0.15, 0.2) is 6.20 Å². The Balaban J connectivity index is 2.24. The third kappa shape index (κ3) is 1.46. The van der Waals surface area contributed by atoms with E-state index in [0.29, 0.717) is 12.1 Å². The molecule has 0 atom stereocenters. The van der Waals surface area contributed by atoms with Crippen molar-refractivity contribution in [2.75, 3.05) is 0 Å². The zero-order valence-electron chi connectivity index (χ0n) is 9.49. The lowest BCUT2D eigenvalue weighted by atomic mass is 10.3. The quantitative estimate of drug-likeness (QED) is 0.718. The molecule has 1 aromatic rings. The minimum Gasteiger partial charge on any atom is -0.291 e. The summed E-state index contributed by atoms with van der Waals surface area (Å²) in [7, 11) is 0. The molecule has 1 aromatic heterocycles. The highest BCUT2D eigenvalue weighted by atomic mass is 15.3. The fourth-order valence-corrected chi connectivity index (χ4v) is 2.01. The summed E-state index contributed by atoms with van der Waals surface area (Å²) >= 11 is 0. The van der Waals surface area contributed by atoms with Crippen molar-refractivity contribution in [3.05, 3.63) is 17.5 Å². The molecule has 14 heavy (non-hydrogen) atoms. The van der Waals surface area contributed by atoms with Crippen molar-refractivity contribution < 1.29 is 0 Å². The van der Waals surface area contributed by atoms with Crippen molar-refractivity contribution in [1.82, 2.24) is 14.7 Å². The van der Waals surface area contributed by atoms with Crippen LogP contribution >= 0.6 is 0 Å². The van der Waals surface area contributed by atoms with E-state index in [0.717, 1.165) is 13.1 Å². The van der Waals surface area contributed by atoms with Crippen LogP contribution < -0.4 is 0 Å². The van der Waals surface area contributed by atoms with Crippen molar-refractivity contribution in [1.29, 1.82) is 0 Å². The minimum absolute atomic E-state index is 0.478. The molecular weight excluding hydrogens is 174 g/mol. The van der Waals surface area contributed by atoms with Gasteiger partial charge in [-0.25, -0.2) is 0 Å². The van der Waals surface area contributed by atoms with Crippen molar-refractivity contribution in [3.8, 4) is 0 Å². The van der Waals surface area contributed by atoms with Crippen LogP contribution in [-0.2, 0) is 13.1 Å². The first kappa shape index (κ1) is 9.71. The summed E-state index contributed by atoms with van der Waals surface area (Å²) in [6, 6.07) is 1.11. The maximum absolute atomic E-state index is 4.42. The molecule has 2 rings (SSSR count). The van der Waals surface area contributed by atoms with Gasteiger partial charge >= 0.3 is 0 Å². The largest absolute Gasteiger partial charge is 0.291 e. The van der Waals surface area contributed by atoms with Gasteiger partial charge in [0, 0.05) is 30.7 Å². The van der Waals surface area contributed by atoms with Gasteiger partial charge < -0.3 is 0 Å². The normalized spacial score (nSPS) is 17.0. The molecule has 3 heteroatoms. The second kappa shape index (κ2) is 3.39. The number of hydrogen-bond acceptors (Lipinski definition) is 2. The van der Waals surface area contributed by atoms with Crippen LogP contribution in [-0.4, -0.2) is 20.7 Å². The SMILES string of the molecule is CC(C)N1Cc2cnn(C(C)C)c2C1. The summed E-state index contributed by atoms with van der Waals surface area (Å²) in [5.41, 5.74) is 2.82. The van der Waals surface area contributed by atoms with E-state index in [1.54, 1.807) is 0 Å². The predicted molar refractivity (Wildman–Crippen MR) is 57.0 cm³/mol. The average molecular weight is 193 g/mol. The van der Waals surface area contributed by atoms with E-state index in [9.17, 15) is 0 Å². The molecule has 0 saturated heterocycles. The van der Waals surface area contributed by atoms with Gasteiger partial charge in [0.15, 0.2) is 0 Å². The molecule has 1 aliphatic heterocycles. The van der Waals surface area contributed by atoms with Crippen LogP contribution in [0.25, 0.3) is 0 Å². The highest BCUT2D eigenvalue weighted by molar-refractivity contribution is 5.22. The zero-order valence-corrected chi connectivity index (χ0v) is 9.49. The Kier molecular flexibility index (Phi) is 2.35. The van der Waals surface area contributed by atoms with Gasteiger partial charge in [0.2, 0.25) is 0 Å². The number of nitrogens with zero attached hydrogens (tertiary/aromatic N) is 3. The number of aromatic nitrogens is 2. The van der Waals surface area contributed by atoms with Crippen molar-refractivity contribution in [2.24, 2.45) is 0 Å². The van der Waals surface area contributed by atoms with Gasteiger partial charge in [-0.2, -0.15) is 5.10 Å². The second-order valence-corrected chi connectivity index (χ2v) is 4.65. The summed E-state index contributed by atoms with van der Waals surface area (Å²) < 4.78 is 2.15. The van der Waals surface area contributed by atoms with E-state index in [1.165, 1.54) is 11.3 Å². The Morgan fingerprint density at radius 3 is 2.43 bits per heavy atom. The molecule has 0 saturated carbocycles. The summed E-state index contributed by atoms with van der Waals surface area (Å²) in [4.78, 5) is 2.48. The summed E-state index contributed by atoms with van der Waals surface area (Å²) in [6.45, 7) is 11.0. The van der Waals surface area contributed by atoms with Gasteiger partial charge in [-0.3, -0.25) is 9.58 Å². The molecule has 0 N–H and O–H groups in total. The predicted octanol–water partition coefficient (Wildman–Crippen LogP) is 2.19. The minimum atomic E-state index is 0.478. The lowest BCUT2D eigenvalue weighted by Crippen LogP contribution is -2.25. The van der Waals surface area contributed by atoms with Gasteiger partial charge in [0.25, 0.3) is 0 Å². The van der Waals surface area contributed by atoms with Gasteiger partial charge in [-0.15, -0.1) is 0 Å². The number of fused-ring (bicyclic) bond motifs is 1. The van der Waals surface area contributed by atoms with Gasteiger partial charge in [0.1, 0.15) is 0 Å². The van der Waals surface area contributed by atoms with Crippen molar-refractivity contribution in [2.45, 2.75) is 52.9 Å². The third-order valence-corrected chi connectivity index (χ3v) is 2.93. The lowest BCUT2D eigenvalue weighted by Gasteiger charge is -2.20. The maximum Gasteiger partial charge on any atom is 0.0572 e. The highest BCUT2D eigenvalue weighted by Gasteiger charge is 2.25. The monoisotopic (exact) mass is 193 g/mol. The Hall–Kier alpha value is -0.830. The van der Waals surface area contributed by atoms with E-state index in [-0.39, 0.29) is 0 Å². The molecule has 0 bridgehead atoms. The van der Waals surface area contributed by atoms with Crippen LogP contribution in [0.2, 0.25) is 0 Å². The maximum atomic E-state index is 4.42. The molecule has 0 aromatic carbocycles. The first-order valence-corrected chi connectivity index (χ1v) is 5.39. The molecular formula is C11H19N3. The third-order valence-electron chi connectivity index (χ3n) is 2.93. The lowest BCUT2D eigenvalue weighted by molar-refractivity contribution is 0.220. The summed E-state index contributed by atoms with van der Waals surface area (Å²) in [5.74, 6) is 0. The average Bonchev–Trinajstić information content (AvgIpc) is 2.58. The zero-order chi connectivity index (χ0) is 10.3. The topological polar surface area (TPSA) is 21.1 Å². The van der Waals surface area contributed by atoms with Crippen LogP contribution in [0.5, 0.6) is 0 Å². The Morgan fingerprint density at radius 1 is 1.14 bits per heavy atom. The number of hydrogen-bond donors (Lipinski definition) is 0. The van der Waals surface area contributed by atoms with E-state index < -0.39 is 0 Å². The fourth-order valence-electron chi connectivity index (χ4n) is 2.01. The first-order chi connectivity index (χ1) is 6.59. The molecule has 0 amide bonds. The van der Waals surface area contributed by atoms with Crippen LogP contribution in [0.4, 0.5) is 0 Å². The molecule has 2 heterocycles. The van der Waals surface area contributed by atoms with Crippen LogP contribution in [0, 0.1) is 0 Å². The van der Waals surface area contributed by atoms with Gasteiger partial charge in [0.05, 0.1) is 11.9 Å². The Bertz CT molecular complexity index is 325. The molecule has 0 unspecified atom stereocenters. The molecule has 78 valence electrons. The fraction of sp³-hybridized carbons (Fsp3) is 0.727. The van der Waals surface area contributed by atoms with Gasteiger partial charge in [-0.05, 0) is 27.7 Å². The molecule has 0 spiro atoms. The second-order valence-electron chi connectivity index (χ2n) is 4.65. The van der Waals surface area contributed by atoms with Crippen LogP contribution in [0.1, 0.15) is 45.0 Å². The summed E-state index contributed by atoms with van der Waals surface area (Å²) in [5, 5.41) is 4.42. The van der Waals surface area contributed by atoms with Crippen molar-refractivity contribution >= 4 is 0 Å². The summed E-state index contributed by atoms with van der Waals surface area (Å²) in [6.07, 6.45) is 2.03. The van der Waals surface area contributed by atoms with E-state index in [1.807, 2.05) is 6.20 Å². The molecule has 0 aliphatic carbocycles. The Labute approximate surface area is 85.7 Å². The smallest absolute Gasteiger partial charge is 0.0572 e. The molecule has 0 radical (unpaired) electrons. The molecule has 1 aliphatic rings. The number of rotatable bonds is 2. The van der Waals surface area contributed by atoms with Crippen LogP contribution in [0.3, 0.4) is 0 Å². The van der Waals surface area contributed by atoms with E-state index in [4.69, 9.17) is 0 Å². The first-order valence-electron chi connectivity index (χ1n) is 5.39. The Morgan fingerprint density at radius 2 is 1.86 bits per heavy atom. The van der Waals surface area contributed by atoms with E-state index in [2.05, 4.69) is 42.4 Å². The highest BCUT2D eigenvalue weighted by Crippen LogP contribution is 2.25.